The number of aliphatic carboxylic acids is 1. The van der Waals surface area contributed by atoms with Crippen LogP contribution in [0, 0.1) is 10.1 Å². The van der Waals surface area contributed by atoms with Gasteiger partial charge in [-0.2, -0.15) is 0 Å². The molecule has 1 amide bonds. The molecule has 0 radical (unpaired) electrons. The molecule has 0 spiro atoms. The maximum atomic E-state index is 12.2. The quantitative estimate of drug-likeness (QED) is 0.435. The highest BCUT2D eigenvalue weighted by Crippen LogP contribution is 2.31. The van der Waals surface area contributed by atoms with Crippen LogP contribution in [-0.4, -0.2) is 27.4 Å². The van der Waals surface area contributed by atoms with Crippen LogP contribution < -0.4 is 11.1 Å². The maximum absolute atomic E-state index is 12.2. The number of anilines is 1. The summed E-state index contributed by atoms with van der Waals surface area (Å²) in [5, 5.41) is 22.6. The predicted molar refractivity (Wildman–Crippen MR) is 73.8 cm³/mol. The van der Waals surface area contributed by atoms with Gasteiger partial charge in [-0.05, 0) is 18.9 Å². The molecule has 0 saturated heterocycles. The van der Waals surface area contributed by atoms with Gasteiger partial charge in [0.2, 0.25) is 0 Å². The molecule has 4 N–H and O–H groups in total. The molecule has 0 atom stereocenters. The van der Waals surface area contributed by atoms with E-state index in [0.717, 1.165) is 0 Å². The van der Waals surface area contributed by atoms with Crippen LogP contribution in [0.25, 0.3) is 0 Å². The number of carbonyl (C=O) groups is 2. The second kappa shape index (κ2) is 5.39. The Morgan fingerprint density at radius 1 is 1.33 bits per heavy atom. The normalized spacial score (nSPS) is 16.4. The molecule has 1 aromatic rings. The molecule has 1 fully saturated rings. The number of nitrogens with two attached hydrogens (primary N) is 1. The van der Waals surface area contributed by atoms with Gasteiger partial charge in [0.15, 0.2) is 0 Å². The van der Waals surface area contributed by atoms with Gasteiger partial charge in [0.05, 0.1) is 10.5 Å². The number of para-hydroxylation sites is 1. The monoisotopic (exact) mass is 293 g/mol. The van der Waals surface area contributed by atoms with Crippen molar-refractivity contribution in [1.29, 1.82) is 0 Å². The first-order chi connectivity index (χ1) is 9.87. The first-order valence-electron chi connectivity index (χ1n) is 6.46. The first-order valence-corrected chi connectivity index (χ1v) is 6.46. The summed E-state index contributed by atoms with van der Waals surface area (Å²) in [4.78, 5) is 33.8. The summed E-state index contributed by atoms with van der Waals surface area (Å²) in [5.41, 5.74) is 3.59. The largest absolute Gasteiger partial charge is 0.480 e. The Hall–Kier alpha value is -2.64. The molecular weight excluding hydrogens is 278 g/mol. The number of nitrogen functional groups attached to an aromatic ring is 1. The number of carbonyl (C=O) groups excluding carboxylic acids is 1. The lowest BCUT2D eigenvalue weighted by Gasteiger charge is -2.25. The lowest BCUT2D eigenvalue weighted by atomic mass is 9.97. The van der Waals surface area contributed by atoms with Crippen LogP contribution >= 0.6 is 0 Å². The Bertz CT molecular complexity index is 608. The number of nitro benzene ring substituents is 1. The van der Waals surface area contributed by atoms with Crippen LogP contribution in [0.15, 0.2) is 18.2 Å². The summed E-state index contributed by atoms with van der Waals surface area (Å²) in [6, 6.07) is 3.86. The highest BCUT2D eigenvalue weighted by Gasteiger charge is 2.43. The van der Waals surface area contributed by atoms with Crippen LogP contribution in [0.5, 0.6) is 0 Å². The van der Waals surface area contributed by atoms with Crippen LogP contribution in [0.4, 0.5) is 11.4 Å². The Kier molecular flexibility index (Phi) is 3.79. The fourth-order valence-electron chi connectivity index (χ4n) is 2.57. The number of nitrogens with one attached hydrogen (secondary N) is 1. The van der Waals surface area contributed by atoms with Crippen molar-refractivity contribution in [3.8, 4) is 0 Å². The zero-order valence-electron chi connectivity index (χ0n) is 11.2. The van der Waals surface area contributed by atoms with Gasteiger partial charge in [0.1, 0.15) is 11.2 Å². The highest BCUT2D eigenvalue weighted by atomic mass is 16.6. The van der Waals surface area contributed by atoms with Gasteiger partial charge < -0.3 is 16.2 Å². The van der Waals surface area contributed by atoms with Crippen molar-refractivity contribution in [2.75, 3.05) is 5.73 Å². The van der Waals surface area contributed by atoms with Crippen molar-refractivity contribution in [2.45, 2.75) is 31.2 Å². The van der Waals surface area contributed by atoms with Crippen molar-refractivity contribution < 1.29 is 19.6 Å². The van der Waals surface area contributed by atoms with Gasteiger partial charge in [-0.1, -0.05) is 18.9 Å². The minimum Gasteiger partial charge on any atom is -0.480 e. The van der Waals surface area contributed by atoms with Crippen LogP contribution in [0.2, 0.25) is 0 Å². The van der Waals surface area contributed by atoms with Gasteiger partial charge in [-0.25, -0.2) is 4.79 Å². The van der Waals surface area contributed by atoms with E-state index < -0.39 is 22.3 Å². The minimum absolute atomic E-state index is 0.0864. The third-order valence-electron chi connectivity index (χ3n) is 3.74. The molecule has 0 heterocycles. The van der Waals surface area contributed by atoms with E-state index in [-0.39, 0.29) is 16.9 Å². The van der Waals surface area contributed by atoms with Crippen LogP contribution in [-0.2, 0) is 4.79 Å². The smallest absolute Gasteiger partial charge is 0.329 e. The Labute approximate surface area is 120 Å². The fraction of sp³-hybridized carbons (Fsp3) is 0.385. The molecule has 112 valence electrons. The molecule has 0 bridgehead atoms. The van der Waals surface area contributed by atoms with Gasteiger partial charge >= 0.3 is 5.97 Å². The molecule has 0 aromatic heterocycles. The number of hydrogen-bond acceptors (Lipinski definition) is 5. The van der Waals surface area contributed by atoms with Crippen LogP contribution in [0.1, 0.15) is 36.0 Å². The number of nitro groups is 1. The lowest BCUT2D eigenvalue weighted by molar-refractivity contribution is -0.383. The first kappa shape index (κ1) is 14.8. The van der Waals surface area contributed by atoms with Crippen LogP contribution in [0.3, 0.4) is 0 Å². The van der Waals surface area contributed by atoms with Gasteiger partial charge in [0, 0.05) is 6.07 Å². The van der Waals surface area contributed by atoms with E-state index >= 15 is 0 Å². The molecule has 21 heavy (non-hydrogen) atoms. The summed E-state index contributed by atoms with van der Waals surface area (Å²) in [5.74, 6) is -1.81. The van der Waals surface area contributed by atoms with Gasteiger partial charge in [-0.15, -0.1) is 0 Å². The Morgan fingerprint density at radius 3 is 2.48 bits per heavy atom. The van der Waals surface area contributed by atoms with Crippen molar-refractivity contribution in [2.24, 2.45) is 0 Å². The van der Waals surface area contributed by atoms with E-state index in [9.17, 15) is 24.8 Å². The van der Waals surface area contributed by atoms with Crippen molar-refractivity contribution in [1.82, 2.24) is 5.32 Å². The van der Waals surface area contributed by atoms with Gasteiger partial charge in [-0.3, -0.25) is 14.9 Å². The maximum Gasteiger partial charge on any atom is 0.329 e. The van der Waals surface area contributed by atoms with E-state index in [1.54, 1.807) is 0 Å². The standard InChI is InChI=1S/C13H15N3O5/c14-10-8(4-3-5-9(10)16(20)21)11(17)15-13(12(18)19)6-1-2-7-13/h3-5H,1-2,6-7,14H2,(H,15,17)(H,18,19). The number of carboxylic acids is 1. The topological polar surface area (TPSA) is 136 Å². The second-order valence-corrected chi connectivity index (χ2v) is 5.04. The number of carboxylic acid groups (broad SMARTS) is 1. The SMILES string of the molecule is Nc1c(C(=O)NC2(C(=O)O)CCCC2)cccc1[N+](=O)[O-]. The summed E-state index contributed by atoms with van der Waals surface area (Å²) >= 11 is 0. The summed E-state index contributed by atoms with van der Waals surface area (Å²) in [6.07, 6.45) is 2.08. The predicted octanol–water partition coefficient (Wildman–Crippen LogP) is 1.30. The molecule has 1 aliphatic rings. The van der Waals surface area contributed by atoms with Gasteiger partial charge in [0.25, 0.3) is 11.6 Å². The Morgan fingerprint density at radius 2 is 1.95 bits per heavy atom. The van der Waals surface area contributed by atoms with E-state index in [2.05, 4.69) is 5.32 Å². The zero-order chi connectivity index (χ0) is 15.6. The third-order valence-corrected chi connectivity index (χ3v) is 3.74. The van der Waals surface area contributed by atoms with Crippen molar-refractivity contribution in [3.05, 3.63) is 33.9 Å². The third kappa shape index (κ3) is 2.64. The summed E-state index contributed by atoms with van der Waals surface area (Å²) < 4.78 is 0. The number of nitrogens with zero attached hydrogens (tertiary/aromatic N) is 1. The van der Waals surface area contributed by atoms with E-state index in [4.69, 9.17) is 5.73 Å². The molecule has 1 saturated carbocycles. The molecular formula is C13H15N3O5. The van der Waals surface area contributed by atoms with E-state index in [1.807, 2.05) is 0 Å². The second-order valence-electron chi connectivity index (χ2n) is 5.04. The summed E-state index contributed by atoms with van der Waals surface area (Å²) in [7, 11) is 0. The number of amides is 1. The molecule has 1 aliphatic carbocycles. The molecule has 8 heteroatoms. The average Bonchev–Trinajstić information content (AvgIpc) is 2.88. The number of rotatable bonds is 4. The lowest BCUT2D eigenvalue weighted by Crippen LogP contribution is -2.52. The molecule has 0 unspecified atom stereocenters. The highest BCUT2D eigenvalue weighted by molar-refractivity contribution is 6.03. The molecule has 1 aromatic carbocycles. The molecule has 2 rings (SSSR count). The average molecular weight is 293 g/mol. The fourth-order valence-corrected chi connectivity index (χ4v) is 2.57. The molecule has 8 nitrogen and oxygen atoms in total. The minimum atomic E-state index is -1.31. The van der Waals surface area contributed by atoms with Crippen molar-refractivity contribution >= 4 is 23.3 Å². The summed E-state index contributed by atoms with van der Waals surface area (Å²) in [6.45, 7) is 0. The zero-order valence-corrected chi connectivity index (χ0v) is 11.2. The van der Waals surface area contributed by atoms with E-state index in [1.165, 1.54) is 18.2 Å². The number of hydrogen-bond donors (Lipinski definition) is 3. The van der Waals surface area contributed by atoms with E-state index in [0.29, 0.717) is 25.7 Å². The van der Waals surface area contributed by atoms with Crippen molar-refractivity contribution in [3.63, 3.8) is 0 Å². The molecule has 0 aliphatic heterocycles. The Balaban J connectivity index is 2.31. The number of benzene rings is 1.